The molecule has 1 aromatic heterocycles. The third-order valence-corrected chi connectivity index (χ3v) is 3.82. The molecule has 0 radical (unpaired) electrons. The van der Waals surface area contributed by atoms with Gasteiger partial charge in [0.25, 0.3) is 11.6 Å². The van der Waals surface area contributed by atoms with E-state index in [1.54, 1.807) is 6.92 Å². The van der Waals surface area contributed by atoms with Crippen molar-refractivity contribution in [3.63, 3.8) is 0 Å². The lowest BCUT2D eigenvalue weighted by Crippen LogP contribution is -2.21. The Morgan fingerprint density at radius 1 is 1.46 bits per heavy atom. The molecule has 2 aromatic rings. The fourth-order valence-electron chi connectivity index (χ4n) is 1.75. The number of carbonyl (C=O) groups is 2. The Labute approximate surface area is 144 Å². The van der Waals surface area contributed by atoms with E-state index < -0.39 is 23.4 Å². The summed E-state index contributed by atoms with van der Waals surface area (Å²) in [6.45, 7) is 1.20. The number of nitro benzene ring substituents is 1. The number of hydrogen-bond acceptors (Lipinski definition) is 8. The molecule has 0 atom stereocenters. The topological polar surface area (TPSA) is 124 Å². The van der Waals surface area contributed by atoms with Gasteiger partial charge in [-0.05, 0) is 30.1 Å². The molecule has 0 aliphatic rings. The van der Waals surface area contributed by atoms with Crippen LogP contribution in [0.4, 0.5) is 11.4 Å². The van der Waals surface area contributed by atoms with E-state index >= 15 is 0 Å². The molecule has 9 nitrogen and oxygen atoms in total. The normalized spacial score (nSPS) is 10.2. The molecular formula is C13H11ClN4O5S. The molecule has 1 heterocycles. The van der Waals surface area contributed by atoms with Crippen molar-refractivity contribution in [1.29, 1.82) is 0 Å². The number of nitrogens with zero attached hydrogens (tertiary/aromatic N) is 3. The average Bonchev–Trinajstić information content (AvgIpc) is 3.01. The number of aryl methyl sites for hydroxylation is 1. The molecule has 0 bridgehead atoms. The summed E-state index contributed by atoms with van der Waals surface area (Å²) >= 11 is 6.63. The second kappa shape index (κ2) is 7.79. The summed E-state index contributed by atoms with van der Waals surface area (Å²) < 4.78 is 8.52. The highest BCUT2D eigenvalue weighted by molar-refractivity contribution is 7.07. The van der Waals surface area contributed by atoms with Crippen LogP contribution in [0.2, 0.25) is 5.02 Å². The third kappa shape index (κ3) is 4.24. The molecule has 0 saturated carbocycles. The molecule has 0 fully saturated rings. The zero-order chi connectivity index (χ0) is 17.7. The number of hydrogen-bond donors (Lipinski definition) is 1. The third-order valence-electron chi connectivity index (χ3n) is 2.84. The van der Waals surface area contributed by atoms with Crippen LogP contribution >= 0.6 is 23.1 Å². The molecule has 2 rings (SSSR count). The Balaban J connectivity index is 2.00. The van der Waals surface area contributed by atoms with Crippen LogP contribution in [0.5, 0.6) is 0 Å². The minimum Gasteiger partial charge on any atom is -0.451 e. The summed E-state index contributed by atoms with van der Waals surface area (Å²) in [5.74, 6) is -1.46. The maximum atomic E-state index is 11.9. The van der Waals surface area contributed by atoms with Gasteiger partial charge in [-0.2, -0.15) is 0 Å². The molecule has 0 aliphatic heterocycles. The van der Waals surface area contributed by atoms with Gasteiger partial charge >= 0.3 is 5.97 Å². The van der Waals surface area contributed by atoms with E-state index in [2.05, 4.69) is 14.9 Å². The number of carbonyl (C=O) groups excluding carboxylic acids is 2. The highest BCUT2D eigenvalue weighted by Gasteiger charge is 2.20. The quantitative estimate of drug-likeness (QED) is 0.470. The van der Waals surface area contributed by atoms with E-state index in [0.717, 1.165) is 11.5 Å². The van der Waals surface area contributed by atoms with Gasteiger partial charge in [0.15, 0.2) is 11.5 Å². The number of benzene rings is 1. The summed E-state index contributed by atoms with van der Waals surface area (Å²) in [6, 6.07) is 3.74. The fraction of sp³-hybridized carbons (Fsp3) is 0.231. The van der Waals surface area contributed by atoms with Crippen LogP contribution in [0.1, 0.15) is 22.3 Å². The molecule has 126 valence electrons. The van der Waals surface area contributed by atoms with E-state index in [1.807, 2.05) is 0 Å². The summed E-state index contributed by atoms with van der Waals surface area (Å²) in [5.41, 5.74) is 0.0807. The molecule has 0 unspecified atom stereocenters. The van der Waals surface area contributed by atoms with Gasteiger partial charge in [-0.3, -0.25) is 14.9 Å². The largest absolute Gasteiger partial charge is 0.451 e. The summed E-state index contributed by atoms with van der Waals surface area (Å²) in [6.07, 6.45) is 0.502. The number of nitro groups is 1. The summed E-state index contributed by atoms with van der Waals surface area (Å²) in [7, 11) is 0. The van der Waals surface area contributed by atoms with Crippen LogP contribution in [0.25, 0.3) is 0 Å². The van der Waals surface area contributed by atoms with Crippen molar-refractivity contribution in [3.05, 3.63) is 43.9 Å². The van der Waals surface area contributed by atoms with E-state index in [0.29, 0.717) is 12.1 Å². The maximum Gasteiger partial charge on any atom is 0.352 e. The van der Waals surface area contributed by atoms with E-state index in [-0.39, 0.29) is 21.3 Å². The van der Waals surface area contributed by atoms with Gasteiger partial charge in [0.05, 0.1) is 10.6 Å². The minimum atomic E-state index is -0.732. The Kier molecular flexibility index (Phi) is 5.77. The smallest absolute Gasteiger partial charge is 0.352 e. The van der Waals surface area contributed by atoms with Crippen LogP contribution in [-0.2, 0) is 16.0 Å². The van der Waals surface area contributed by atoms with Gasteiger partial charge in [0.1, 0.15) is 5.69 Å². The lowest BCUT2D eigenvalue weighted by Gasteiger charge is -2.07. The van der Waals surface area contributed by atoms with Gasteiger partial charge in [-0.25, -0.2) is 4.79 Å². The molecule has 1 amide bonds. The minimum absolute atomic E-state index is 0.0812. The van der Waals surface area contributed by atoms with E-state index in [4.69, 9.17) is 16.3 Å². The number of ether oxygens (including phenoxy) is 1. The van der Waals surface area contributed by atoms with Crippen molar-refractivity contribution in [2.24, 2.45) is 0 Å². The van der Waals surface area contributed by atoms with Crippen LogP contribution in [0.3, 0.4) is 0 Å². The first-order valence-corrected chi connectivity index (χ1v) is 7.79. The molecule has 24 heavy (non-hydrogen) atoms. The zero-order valence-corrected chi connectivity index (χ0v) is 13.9. The number of aromatic nitrogens is 2. The van der Waals surface area contributed by atoms with E-state index in [9.17, 15) is 19.7 Å². The number of nitrogens with one attached hydrogen (secondary N) is 1. The number of rotatable bonds is 6. The van der Waals surface area contributed by atoms with Crippen molar-refractivity contribution >= 4 is 46.4 Å². The lowest BCUT2D eigenvalue weighted by atomic mass is 10.2. The fourth-order valence-corrected chi connectivity index (χ4v) is 2.56. The Morgan fingerprint density at radius 3 is 2.88 bits per heavy atom. The second-order valence-corrected chi connectivity index (χ2v) is 5.64. The predicted octanol–water partition coefficient (Wildman–Crippen LogP) is 2.46. The van der Waals surface area contributed by atoms with Crippen molar-refractivity contribution in [2.75, 3.05) is 11.9 Å². The lowest BCUT2D eigenvalue weighted by molar-refractivity contribution is -0.383. The Bertz CT molecular complexity index is 794. The molecule has 11 heteroatoms. The van der Waals surface area contributed by atoms with Crippen molar-refractivity contribution in [2.45, 2.75) is 13.3 Å². The van der Waals surface area contributed by atoms with Crippen molar-refractivity contribution < 1.29 is 19.2 Å². The molecule has 0 saturated heterocycles. The van der Waals surface area contributed by atoms with Gasteiger partial charge in [-0.1, -0.05) is 23.0 Å². The summed E-state index contributed by atoms with van der Waals surface area (Å²) in [5, 5.41) is 17.2. The van der Waals surface area contributed by atoms with Crippen LogP contribution in [0.15, 0.2) is 18.2 Å². The van der Waals surface area contributed by atoms with Gasteiger partial charge < -0.3 is 10.1 Å². The number of halogens is 1. The number of esters is 1. The van der Waals surface area contributed by atoms with Gasteiger partial charge in [0.2, 0.25) is 0 Å². The monoisotopic (exact) mass is 370 g/mol. The highest BCUT2D eigenvalue weighted by atomic mass is 35.5. The van der Waals surface area contributed by atoms with Crippen LogP contribution in [-0.4, -0.2) is 33.0 Å². The molecular weight excluding hydrogens is 360 g/mol. The number of anilines is 1. The molecule has 1 N–H and O–H groups in total. The number of amides is 1. The first-order chi connectivity index (χ1) is 11.4. The standard InChI is InChI=1S/C13H11ClN4O5S/c1-2-8-12(24-17-16-8)13(20)23-6-11(19)15-9-5-7(14)3-4-10(9)18(21)22/h3-5H,2,6H2,1H3,(H,15,19). The zero-order valence-electron chi connectivity index (χ0n) is 12.3. The SMILES string of the molecule is CCc1nnsc1C(=O)OCC(=O)Nc1cc(Cl)ccc1[N+](=O)[O-]. The van der Waals surface area contributed by atoms with E-state index in [1.165, 1.54) is 18.2 Å². The highest BCUT2D eigenvalue weighted by Crippen LogP contribution is 2.27. The van der Waals surface area contributed by atoms with Crippen LogP contribution < -0.4 is 5.32 Å². The molecule has 1 aromatic carbocycles. The summed E-state index contributed by atoms with van der Waals surface area (Å²) in [4.78, 5) is 34.2. The Morgan fingerprint density at radius 2 is 2.21 bits per heavy atom. The molecule has 0 spiro atoms. The second-order valence-electron chi connectivity index (χ2n) is 4.45. The van der Waals surface area contributed by atoms with Crippen LogP contribution in [0, 0.1) is 10.1 Å². The van der Waals surface area contributed by atoms with Crippen molar-refractivity contribution in [3.8, 4) is 0 Å². The molecule has 0 aliphatic carbocycles. The van der Waals surface area contributed by atoms with Gasteiger partial charge in [0, 0.05) is 11.1 Å². The average molecular weight is 371 g/mol. The maximum absolute atomic E-state index is 11.9. The van der Waals surface area contributed by atoms with Crippen molar-refractivity contribution in [1.82, 2.24) is 9.59 Å². The predicted molar refractivity (Wildman–Crippen MR) is 86.3 cm³/mol. The first kappa shape index (κ1) is 17.8. The Hall–Kier alpha value is -2.59. The van der Waals surface area contributed by atoms with Gasteiger partial charge in [-0.15, -0.1) is 5.10 Å². The first-order valence-electron chi connectivity index (χ1n) is 6.64.